The van der Waals surface area contributed by atoms with Crippen molar-refractivity contribution in [2.45, 2.75) is 47.2 Å². The van der Waals surface area contributed by atoms with Crippen LogP contribution in [0.4, 0.5) is 0 Å². The zero-order valence-electron chi connectivity index (χ0n) is 13.2. The molecule has 0 spiro atoms. The second-order valence-corrected chi connectivity index (χ2v) is 5.38. The first-order valence-corrected chi connectivity index (χ1v) is 6.83. The molecule has 0 saturated heterocycles. The molecule has 1 rings (SSSR count). The van der Waals surface area contributed by atoms with Gasteiger partial charge in [-0.05, 0) is 26.7 Å². The van der Waals surface area contributed by atoms with Crippen LogP contribution in [0.2, 0.25) is 0 Å². The van der Waals surface area contributed by atoms with E-state index in [0.717, 1.165) is 18.2 Å². The van der Waals surface area contributed by atoms with Crippen LogP contribution in [0.1, 0.15) is 37.7 Å². The number of nitrogens with one attached hydrogen (secondary N) is 2. The predicted octanol–water partition coefficient (Wildman–Crippen LogP) is 1.75. The van der Waals surface area contributed by atoms with Crippen molar-refractivity contribution in [3.8, 4) is 0 Å². The van der Waals surface area contributed by atoms with Crippen molar-refractivity contribution < 1.29 is 0 Å². The van der Waals surface area contributed by atoms with Crippen LogP contribution in [0.3, 0.4) is 0 Å². The fourth-order valence-corrected chi connectivity index (χ4v) is 1.82. The van der Waals surface area contributed by atoms with E-state index >= 15 is 0 Å². The van der Waals surface area contributed by atoms with Crippen LogP contribution in [-0.2, 0) is 13.6 Å². The molecule has 0 aliphatic heterocycles. The second-order valence-electron chi connectivity index (χ2n) is 5.38. The minimum Gasteiger partial charge on any atom is -0.354 e. The monoisotopic (exact) mass is 265 g/mol. The molecular formula is C14H27N5. The number of aromatic nitrogens is 2. The van der Waals surface area contributed by atoms with Gasteiger partial charge < -0.3 is 10.6 Å². The van der Waals surface area contributed by atoms with Gasteiger partial charge in [-0.3, -0.25) is 9.67 Å². The van der Waals surface area contributed by atoms with Gasteiger partial charge in [0.05, 0.1) is 5.69 Å². The molecular weight excluding hydrogens is 238 g/mol. The molecule has 2 N–H and O–H groups in total. The Bertz CT molecular complexity index is 445. The first kappa shape index (κ1) is 15.5. The summed E-state index contributed by atoms with van der Waals surface area (Å²) >= 11 is 0. The maximum absolute atomic E-state index is 4.42. The Labute approximate surface area is 116 Å². The van der Waals surface area contributed by atoms with Crippen LogP contribution in [0, 0.1) is 19.8 Å². The predicted molar refractivity (Wildman–Crippen MR) is 80.3 cm³/mol. The molecule has 0 fully saturated rings. The van der Waals surface area contributed by atoms with E-state index in [4.69, 9.17) is 0 Å². The minimum absolute atomic E-state index is 0.391. The lowest BCUT2D eigenvalue weighted by molar-refractivity contribution is 0.481. The zero-order chi connectivity index (χ0) is 14.6. The highest BCUT2D eigenvalue weighted by atomic mass is 15.3. The molecule has 0 aromatic carbocycles. The van der Waals surface area contributed by atoms with Gasteiger partial charge in [0.1, 0.15) is 0 Å². The molecule has 19 heavy (non-hydrogen) atoms. The molecule has 1 unspecified atom stereocenters. The Hall–Kier alpha value is -1.52. The van der Waals surface area contributed by atoms with E-state index < -0.39 is 0 Å². The largest absolute Gasteiger partial charge is 0.354 e. The Morgan fingerprint density at radius 3 is 2.37 bits per heavy atom. The summed E-state index contributed by atoms with van der Waals surface area (Å²) in [7, 11) is 3.77. The van der Waals surface area contributed by atoms with Crippen molar-refractivity contribution in [2.75, 3.05) is 7.05 Å². The molecule has 1 atom stereocenters. The van der Waals surface area contributed by atoms with Gasteiger partial charge in [0.25, 0.3) is 0 Å². The molecule has 0 bridgehead atoms. The molecule has 0 radical (unpaired) electrons. The Morgan fingerprint density at radius 1 is 1.32 bits per heavy atom. The van der Waals surface area contributed by atoms with Crippen molar-refractivity contribution in [1.29, 1.82) is 0 Å². The van der Waals surface area contributed by atoms with Gasteiger partial charge in [-0.25, -0.2) is 0 Å². The average molecular weight is 265 g/mol. The molecule has 5 heteroatoms. The van der Waals surface area contributed by atoms with Gasteiger partial charge in [0.15, 0.2) is 5.96 Å². The topological polar surface area (TPSA) is 54.2 Å². The van der Waals surface area contributed by atoms with Crippen molar-refractivity contribution >= 4 is 5.96 Å². The summed E-state index contributed by atoms with van der Waals surface area (Å²) in [4.78, 5) is 4.26. The first-order valence-electron chi connectivity index (χ1n) is 6.83. The van der Waals surface area contributed by atoms with E-state index in [9.17, 15) is 0 Å². The van der Waals surface area contributed by atoms with E-state index in [0.29, 0.717) is 12.0 Å². The van der Waals surface area contributed by atoms with Crippen molar-refractivity contribution in [1.82, 2.24) is 20.4 Å². The summed E-state index contributed by atoms with van der Waals surface area (Å²) in [6.45, 7) is 11.4. The van der Waals surface area contributed by atoms with E-state index in [2.05, 4.69) is 48.4 Å². The number of nitrogens with zero attached hydrogens (tertiary/aromatic N) is 3. The number of aryl methyl sites for hydroxylation is 2. The summed E-state index contributed by atoms with van der Waals surface area (Å²) in [5.41, 5.74) is 3.50. The maximum atomic E-state index is 4.42. The Balaban J connectivity index is 2.64. The number of rotatable bonds is 4. The molecule has 1 aromatic heterocycles. The number of hydrogen-bond donors (Lipinski definition) is 2. The average Bonchev–Trinajstić information content (AvgIpc) is 2.59. The summed E-state index contributed by atoms with van der Waals surface area (Å²) in [6.07, 6.45) is 0. The van der Waals surface area contributed by atoms with E-state index in [1.807, 2.05) is 18.7 Å². The summed E-state index contributed by atoms with van der Waals surface area (Å²) in [5, 5.41) is 11.2. The minimum atomic E-state index is 0.391. The van der Waals surface area contributed by atoms with Crippen molar-refractivity contribution in [3.05, 3.63) is 17.0 Å². The highest BCUT2D eigenvalue weighted by Crippen LogP contribution is 2.11. The quantitative estimate of drug-likeness (QED) is 0.644. The molecule has 0 saturated carbocycles. The molecule has 0 aliphatic rings. The first-order chi connectivity index (χ1) is 8.86. The van der Waals surface area contributed by atoms with Gasteiger partial charge in [0, 0.05) is 37.9 Å². The summed E-state index contributed by atoms with van der Waals surface area (Å²) in [5.74, 6) is 1.41. The number of aliphatic imine (C=N–C) groups is 1. The fraction of sp³-hybridized carbons (Fsp3) is 0.714. The third-order valence-corrected chi connectivity index (χ3v) is 3.68. The lowest BCUT2D eigenvalue weighted by Crippen LogP contribution is -2.44. The standard InChI is InChI=1S/C14H27N5/c1-9(2)10(3)17-14(15-6)16-8-13-11(4)18-19(7)12(13)5/h9-10H,8H2,1-7H3,(H2,15,16,17). The highest BCUT2D eigenvalue weighted by Gasteiger charge is 2.12. The van der Waals surface area contributed by atoms with Gasteiger partial charge in [-0.15, -0.1) is 0 Å². The van der Waals surface area contributed by atoms with Gasteiger partial charge in [-0.1, -0.05) is 13.8 Å². The summed E-state index contributed by atoms with van der Waals surface area (Å²) < 4.78 is 1.92. The molecule has 0 amide bonds. The molecule has 1 heterocycles. The number of guanidine groups is 1. The van der Waals surface area contributed by atoms with Gasteiger partial charge in [0.2, 0.25) is 0 Å². The SMILES string of the molecule is CN=C(NCc1c(C)nn(C)c1C)NC(C)C(C)C. The molecule has 108 valence electrons. The van der Waals surface area contributed by atoms with Crippen LogP contribution in [0.15, 0.2) is 4.99 Å². The molecule has 0 aliphatic carbocycles. The third-order valence-electron chi connectivity index (χ3n) is 3.68. The van der Waals surface area contributed by atoms with Crippen LogP contribution in [-0.4, -0.2) is 28.8 Å². The fourth-order valence-electron chi connectivity index (χ4n) is 1.82. The third kappa shape index (κ3) is 3.98. The Morgan fingerprint density at radius 2 is 1.95 bits per heavy atom. The van der Waals surface area contributed by atoms with Gasteiger partial charge in [-0.2, -0.15) is 5.10 Å². The van der Waals surface area contributed by atoms with Crippen LogP contribution in [0.5, 0.6) is 0 Å². The van der Waals surface area contributed by atoms with E-state index in [-0.39, 0.29) is 0 Å². The smallest absolute Gasteiger partial charge is 0.191 e. The van der Waals surface area contributed by atoms with E-state index in [1.54, 1.807) is 7.05 Å². The summed E-state index contributed by atoms with van der Waals surface area (Å²) in [6, 6.07) is 0.391. The Kier molecular flexibility index (Phi) is 5.39. The lowest BCUT2D eigenvalue weighted by Gasteiger charge is -2.20. The zero-order valence-corrected chi connectivity index (χ0v) is 13.2. The van der Waals surface area contributed by atoms with Gasteiger partial charge >= 0.3 is 0 Å². The second kappa shape index (κ2) is 6.59. The number of hydrogen-bond acceptors (Lipinski definition) is 2. The maximum Gasteiger partial charge on any atom is 0.191 e. The van der Waals surface area contributed by atoms with E-state index in [1.165, 1.54) is 11.3 Å². The van der Waals surface area contributed by atoms with Crippen LogP contribution < -0.4 is 10.6 Å². The van der Waals surface area contributed by atoms with Crippen LogP contribution >= 0.6 is 0 Å². The molecule has 1 aromatic rings. The normalized spacial score (nSPS) is 13.8. The lowest BCUT2D eigenvalue weighted by atomic mass is 10.1. The highest BCUT2D eigenvalue weighted by molar-refractivity contribution is 5.79. The molecule has 5 nitrogen and oxygen atoms in total. The van der Waals surface area contributed by atoms with Crippen LogP contribution in [0.25, 0.3) is 0 Å². The van der Waals surface area contributed by atoms with Crippen molar-refractivity contribution in [2.24, 2.45) is 18.0 Å². The van der Waals surface area contributed by atoms with Crippen molar-refractivity contribution in [3.63, 3.8) is 0 Å².